The van der Waals surface area contributed by atoms with Crippen LogP contribution in [0, 0.1) is 38.1 Å². The summed E-state index contributed by atoms with van der Waals surface area (Å²) in [7, 11) is 0. The SMILES string of the molecule is Cc1ccnc(-c2[c-]c(Oc3[c-]c4c(cc3)-c3ccc(Oc5[c-]c(-c6cc(C)ccn6)ccc5C(C)C)[c-]c3B4c3ncc(C(C)(C)C)cn3)c(C(C)C)cc2)c1.[Pd+2].[Pd+2]. The number of fused-ring (bicyclic) bond motifs is 3. The van der Waals surface area contributed by atoms with Crippen molar-refractivity contribution >= 4 is 23.4 Å². The van der Waals surface area contributed by atoms with Crippen molar-refractivity contribution < 1.29 is 50.3 Å². The smallest absolute Gasteiger partial charge is 0.503 e. The second-order valence-corrected chi connectivity index (χ2v) is 16.6. The van der Waals surface area contributed by atoms with Crippen LogP contribution in [0.1, 0.15) is 88.1 Å². The number of ether oxygens (including phenoxy) is 2. The summed E-state index contributed by atoms with van der Waals surface area (Å²) in [6.45, 7) is 18.9. The first kappa shape index (κ1) is 43.8. The van der Waals surface area contributed by atoms with Gasteiger partial charge < -0.3 is 19.4 Å². The van der Waals surface area contributed by atoms with Gasteiger partial charge in [0.25, 0.3) is 0 Å². The van der Waals surface area contributed by atoms with Gasteiger partial charge in [0.2, 0.25) is 6.71 Å². The number of pyridine rings is 2. The maximum atomic E-state index is 6.70. The van der Waals surface area contributed by atoms with E-state index in [0.29, 0.717) is 28.7 Å². The van der Waals surface area contributed by atoms with E-state index in [1.807, 2.05) is 49.1 Å². The maximum Gasteiger partial charge on any atom is 2.00 e. The van der Waals surface area contributed by atoms with E-state index in [-0.39, 0.29) is 64.8 Å². The third kappa shape index (κ3) is 9.21. The summed E-state index contributed by atoms with van der Waals surface area (Å²) in [5.41, 5.74) is 13.4. The van der Waals surface area contributed by atoms with Crippen LogP contribution in [0.25, 0.3) is 33.6 Å². The zero-order chi connectivity index (χ0) is 40.0. The molecule has 0 amide bonds. The average molecular weight is 958 g/mol. The number of hydrogen-bond acceptors (Lipinski definition) is 6. The van der Waals surface area contributed by atoms with E-state index in [4.69, 9.17) is 19.4 Å². The summed E-state index contributed by atoms with van der Waals surface area (Å²) < 4.78 is 13.4. The molecule has 0 spiro atoms. The fourth-order valence-electron chi connectivity index (χ4n) is 7.24. The van der Waals surface area contributed by atoms with Crippen LogP contribution in [0.3, 0.4) is 0 Å². The summed E-state index contributed by atoms with van der Waals surface area (Å²) in [4.78, 5) is 19.2. The molecule has 0 unspecified atom stereocenters. The second-order valence-electron chi connectivity index (χ2n) is 16.6. The van der Waals surface area contributed by atoms with E-state index in [9.17, 15) is 0 Å². The second kappa shape index (κ2) is 17.8. The Balaban J connectivity index is 0.00000293. The van der Waals surface area contributed by atoms with Crippen molar-refractivity contribution in [2.24, 2.45) is 0 Å². The molecule has 3 aromatic heterocycles. The van der Waals surface area contributed by atoms with Crippen LogP contribution in [0.2, 0.25) is 0 Å². The number of rotatable bonds is 9. The van der Waals surface area contributed by atoms with Crippen LogP contribution >= 0.6 is 0 Å². The molecule has 59 heavy (non-hydrogen) atoms. The molecule has 0 fully saturated rings. The topological polar surface area (TPSA) is 70.0 Å². The molecular weight excluding hydrogens is 912 g/mol. The van der Waals surface area contributed by atoms with Crippen LogP contribution in [-0.4, -0.2) is 26.6 Å². The molecule has 0 radical (unpaired) electrons. The molecule has 300 valence electrons. The van der Waals surface area contributed by atoms with Crippen molar-refractivity contribution in [2.75, 3.05) is 0 Å². The van der Waals surface area contributed by atoms with Gasteiger partial charge in [-0.2, -0.15) is 34.2 Å². The molecule has 9 heteroatoms. The van der Waals surface area contributed by atoms with Crippen molar-refractivity contribution in [3.63, 3.8) is 0 Å². The molecule has 0 saturated heterocycles. The minimum atomic E-state index is -0.358. The standard InChI is InChI=1S/C50H45BN4O2.2Pd/c1-30(2)39-14-10-34(45-22-32(5)18-20-52-45)24-47(39)56-37-12-16-41-42-17-13-38(27-44(42)51(43(41)26-37)49-54-28-36(29-55-49)50(7,8)9)57-48-25-35(11-15-40(48)31(3)4)46-23-33(6)19-21-53-46;;/h10-23,28-31H,1-9H3;;/q-4;2*+2. The van der Waals surface area contributed by atoms with Crippen LogP contribution in [0.15, 0.2) is 97.6 Å². The van der Waals surface area contributed by atoms with Crippen LogP contribution in [-0.2, 0) is 46.3 Å². The fraction of sp³-hybridized carbons (Fsp3) is 0.240. The molecule has 7 aromatic rings. The van der Waals surface area contributed by atoms with Gasteiger partial charge >= 0.3 is 40.8 Å². The minimum Gasteiger partial charge on any atom is -0.503 e. The first-order valence-electron chi connectivity index (χ1n) is 19.6. The van der Waals surface area contributed by atoms with Crippen molar-refractivity contribution in [3.8, 4) is 56.6 Å². The predicted octanol–water partition coefficient (Wildman–Crippen LogP) is 10.0. The van der Waals surface area contributed by atoms with E-state index in [1.54, 1.807) is 0 Å². The minimum absolute atomic E-state index is 0. The molecule has 0 saturated carbocycles. The molecule has 0 N–H and O–H groups in total. The van der Waals surface area contributed by atoms with Gasteiger partial charge in [-0.1, -0.05) is 107 Å². The Morgan fingerprint density at radius 1 is 0.559 bits per heavy atom. The van der Waals surface area contributed by atoms with Gasteiger partial charge in [0.05, 0.1) is 5.72 Å². The monoisotopic (exact) mass is 956 g/mol. The fourth-order valence-corrected chi connectivity index (χ4v) is 7.24. The Morgan fingerprint density at radius 2 is 1.00 bits per heavy atom. The number of aryl methyl sites for hydroxylation is 2. The summed E-state index contributed by atoms with van der Waals surface area (Å²) in [5.74, 6) is 2.91. The first-order chi connectivity index (χ1) is 27.3. The maximum absolute atomic E-state index is 6.70. The van der Waals surface area contributed by atoms with Gasteiger partial charge in [-0.15, -0.1) is 59.7 Å². The van der Waals surface area contributed by atoms with Gasteiger partial charge in [0.1, 0.15) is 0 Å². The molecule has 0 aliphatic carbocycles. The molecule has 0 bridgehead atoms. The zero-order valence-electron chi connectivity index (χ0n) is 34.7. The van der Waals surface area contributed by atoms with Gasteiger partial charge in [-0.25, -0.2) is 0 Å². The summed E-state index contributed by atoms with van der Waals surface area (Å²) in [6, 6.07) is 39.0. The van der Waals surface area contributed by atoms with E-state index >= 15 is 0 Å². The predicted molar refractivity (Wildman–Crippen MR) is 230 cm³/mol. The van der Waals surface area contributed by atoms with Crippen molar-refractivity contribution in [3.05, 3.63) is 150 Å². The largest absolute Gasteiger partial charge is 2.00 e. The summed E-state index contributed by atoms with van der Waals surface area (Å²) >= 11 is 0. The quantitative estimate of drug-likeness (QED) is 0.106. The Bertz CT molecular complexity index is 2470. The van der Waals surface area contributed by atoms with Crippen molar-refractivity contribution in [1.29, 1.82) is 0 Å². The number of benzene rings is 4. The number of nitrogens with zero attached hydrogens (tertiary/aromatic N) is 4. The Kier molecular flexibility index (Phi) is 13.3. The van der Waals surface area contributed by atoms with Gasteiger partial charge in [-0.3, -0.25) is 9.97 Å². The van der Waals surface area contributed by atoms with Gasteiger partial charge in [0, 0.05) is 47.8 Å². The third-order valence-electron chi connectivity index (χ3n) is 10.5. The third-order valence-corrected chi connectivity index (χ3v) is 10.5. The van der Waals surface area contributed by atoms with Crippen LogP contribution < -0.4 is 26.1 Å². The number of hydrogen-bond donors (Lipinski definition) is 0. The molecule has 0 atom stereocenters. The zero-order valence-corrected chi connectivity index (χ0v) is 37.8. The van der Waals surface area contributed by atoms with E-state index in [1.165, 1.54) is 0 Å². The molecule has 4 heterocycles. The summed E-state index contributed by atoms with van der Waals surface area (Å²) in [6.07, 6.45) is 7.52. The van der Waals surface area contributed by atoms with Gasteiger partial charge in [0.15, 0.2) is 0 Å². The van der Waals surface area contributed by atoms with E-state index in [2.05, 4.69) is 145 Å². The molecule has 4 aromatic carbocycles. The molecule has 8 rings (SSSR count). The Labute approximate surface area is 377 Å². The molecule has 1 aliphatic rings. The normalized spacial score (nSPS) is 11.8. The first-order valence-corrected chi connectivity index (χ1v) is 19.6. The van der Waals surface area contributed by atoms with E-state index < -0.39 is 0 Å². The average Bonchev–Trinajstić information content (AvgIpc) is 3.50. The van der Waals surface area contributed by atoms with Crippen molar-refractivity contribution in [1.82, 2.24) is 19.9 Å². The Hall–Kier alpha value is -4.75. The molecule has 1 aliphatic heterocycles. The molecule has 6 nitrogen and oxygen atoms in total. The number of aromatic nitrogens is 4. The van der Waals surface area contributed by atoms with Crippen molar-refractivity contribution in [2.45, 2.75) is 79.6 Å². The molecular formula is C50H45BN4O2Pd2. The van der Waals surface area contributed by atoms with Gasteiger partial charge in [-0.05, 0) is 48.3 Å². The van der Waals surface area contributed by atoms with Crippen LogP contribution in [0.5, 0.6) is 23.0 Å². The van der Waals surface area contributed by atoms with E-state index in [0.717, 1.165) is 72.4 Å². The van der Waals surface area contributed by atoms with Crippen LogP contribution in [0.4, 0.5) is 0 Å². The Morgan fingerprint density at radius 3 is 1.39 bits per heavy atom. The summed E-state index contributed by atoms with van der Waals surface area (Å²) in [5, 5.41) is 0.